The van der Waals surface area contributed by atoms with Gasteiger partial charge in [-0.3, -0.25) is 0 Å². The molecule has 2 aliphatic rings. The van der Waals surface area contributed by atoms with E-state index < -0.39 is 6.03 Å². The molecule has 0 aromatic rings. The average molecular weight is 284 g/mol. The molecule has 116 valence electrons. The van der Waals surface area contributed by atoms with Gasteiger partial charge in [0.15, 0.2) is 0 Å². The van der Waals surface area contributed by atoms with Crippen molar-refractivity contribution in [3.8, 4) is 0 Å². The third kappa shape index (κ3) is 7.86. The second-order valence-electron chi connectivity index (χ2n) is 5.69. The molecule has 0 bridgehead atoms. The number of carbonyl (C=O) groups is 2. The molecule has 6 heteroatoms. The van der Waals surface area contributed by atoms with Crippen molar-refractivity contribution in [1.29, 1.82) is 0 Å². The molecule has 0 radical (unpaired) electrons. The van der Waals surface area contributed by atoms with E-state index in [1.165, 1.54) is 38.5 Å². The van der Waals surface area contributed by atoms with Gasteiger partial charge in [-0.15, -0.1) is 0 Å². The molecule has 0 aromatic heterocycles. The first kappa shape index (κ1) is 16.6. The number of hydrogen-bond donors (Lipinski definition) is 4. The third-order valence-corrected chi connectivity index (χ3v) is 3.88. The van der Waals surface area contributed by atoms with Crippen molar-refractivity contribution in [3.63, 3.8) is 0 Å². The lowest BCUT2D eigenvalue weighted by atomic mass is 9.95. The minimum Gasteiger partial charge on any atom is -0.352 e. The second-order valence-corrected chi connectivity index (χ2v) is 5.69. The fraction of sp³-hybridized carbons (Fsp3) is 0.857. The Bertz CT molecular complexity index is 272. The molecule has 0 unspecified atom stereocenters. The lowest BCUT2D eigenvalue weighted by molar-refractivity contribution is 0.224. The number of rotatable bonds is 2. The molecule has 0 heterocycles. The van der Waals surface area contributed by atoms with Crippen LogP contribution in [0.15, 0.2) is 0 Å². The van der Waals surface area contributed by atoms with Crippen LogP contribution in [-0.2, 0) is 0 Å². The van der Waals surface area contributed by atoms with Gasteiger partial charge in [-0.25, -0.2) is 9.59 Å². The fourth-order valence-corrected chi connectivity index (χ4v) is 2.91. The van der Waals surface area contributed by atoms with Crippen molar-refractivity contribution in [3.05, 3.63) is 0 Å². The molecule has 4 amide bonds. The van der Waals surface area contributed by atoms with Crippen molar-refractivity contribution < 1.29 is 9.59 Å². The zero-order valence-electron chi connectivity index (χ0n) is 12.2. The van der Waals surface area contributed by atoms with Gasteiger partial charge in [0.05, 0.1) is 0 Å². The zero-order chi connectivity index (χ0) is 14.8. The summed E-state index contributed by atoms with van der Waals surface area (Å²) in [5, 5.41) is 6.23. The highest BCUT2D eigenvalue weighted by Crippen LogP contribution is 2.19. The largest absolute Gasteiger partial charge is 0.352 e. The van der Waals surface area contributed by atoms with Crippen LogP contribution >= 0.6 is 0 Å². The van der Waals surface area contributed by atoms with Crippen molar-refractivity contribution >= 4 is 12.1 Å². The first-order chi connectivity index (χ1) is 9.58. The first-order valence-electron chi connectivity index (χ1n) is 7.70. The van der Waals surface area contributed by atoms with E-state index >= 15 is 0 Å². The molecule has 0 aromatic carbocycles. The quantitative estimate of drug-likeness (QED) is 0.621. The monoisotopic (exact) mass is 284 g/mol. The summed E-state index contributed by atoms with van der Waals surface area (Å²) in [6.45, 7) is 0. The number of carbonyl (C=O) groups excluding carboxylic acids is 2. The van der Waals surface area contributed by atoms with Crippen LogP contribution in [0.4, 0.5) is 9.59 Å². The van der Waals surface area contributed by atoms with Crippen molar-refractivity contribution in [2.45, 2.75) is 76.3 Å². The molecule has 20 heavy (non-hydrogen) atoms. The Morgan fingerprint density at radius 2 is 1.00 bits per heavy atom. The van der Waals surface area contributed by atoms with E-state index in [-0.39, 0.29) is 6.03 Å². The molecule has 0 spiro atoms. The van der Waals surface area contributed by atoms with E-state index in [1.54, 1.807) is 0 Å². The number of amides is 4. The number of primary amides is 2. The Balaban J connectivity index is 0.000000444. The van der Waals surface area contributed by atoms with Crippen LogP contribution in [-0.4, -0.2) is 24.1 Å². The maximum absolute atomic E-state index is 11.8. The van der Waals surface area contributed by atoms with Gasteiger partial charge in [0.1, 0.15) is 0 Å². The molecular formula is C14H28N4O2. The maximum atomic E-state index is 11.8. The lowest BCUT2D eigenvalue weighted by Gasteiger charge is -2.26. The van der Waals surface area contributed by atoms with Gasteiger partial charge >= 0.3 is 12.1 Å². The Labute approximate surface area is 121 Å². The molecular weight excluding hydrogens is 256 g/mol. The molecule has 2 fully saturated rings. The van der Waals surface area contributed by atoms with Crippen molar-refractivity contribution in [1.82, 2.24) is 10.6 Å². The zero-order valence-corrected chi connectivity index (χ0v) is 12.2. The second kappa shape index (κ2) is 9.44. The van der Waals surface area contributed by atoms with Crippen LogP contribution in [0.5, 0.6) is 0 Å². The Morgan fingerprint density at radius 3 is 1.30 bits per heavy atom. The lowest BCUT2D eigenvalue weighted by Crippen LogP contribution is -2.47. The topological polar surface area (TPSA) is 110 Å². The van der Waals surface area contributed by atoms with Crippen LogP contribution in [0.1, 0.15) is 64.2 Å². The van der Waals surface area contributed by atoms with Gasteiger partial charge in [0, 0.05) is 12.1 Å². The van der Waals surface area contributed by atoms with Crippen molar-refractivity contribution in [2.75, 3.05) is 0 Å². The van der Waals surface area contributed by atoms with Gasteiger partial charge < -0.3 is 22.1 Å². The summed E-state index contributed by atoms with van der Waals surface area (Å²) in [5.41, 5.74) is 8.50. The summed E-state index contributed by atoms with van der Waals surface area (Å²) in [5.74, 6) is 0. The molecule has 2 saturated carbocycles. The highest BCUT2D eigenvalue weighted by molar-refractivity contribution is 5.74. The summed E-state index contributed by atoms with van der Waals surface area (Å²) < 4.78 is 0. The van der Waals surface area contributed by atoms with Gasteiger partial charge in [-0.05, 0) is 25.7 Å². The fourth-order valence-electron chi connectivity index (χ4n) is 2.91. The van der Waals surface area contributed by atoms with Gasteiger partial charge in [-0.1, -0.05) is 38.5 Å². The maximum Gasteiger partial charge on any atom is 0.315 e. The van der Waals surface area contributed by atoms with E-state index in [0.717, 1.165) is 25.7 Å². The van der Waals surface area contributed by atoms with E-state index in [1.807, 2.05) is 0 Å². The minimum absolute atomic E-state index is 0.0683. The standard InChI is InChI=1S/C13H24N2O.CH4N2O/c16-13(14-11-7-3-1-4-8-11)15-12-9-5-2-6-10-12;2-1(3)4/h11-12H,1-10H2,(H2,14,15,16);(H4,2,3,4). The summed E-state index contributed by atoms with van der Waals surface area (Å²) in [6, 6.07) is 0.0912. The summed E-state index contributed by atoms with van der Waals surface area (Å²) in [7, 11) is 0. The van der Waals surface area contributed by atoms with Crippen LogP contribution in [0, 0.1) is 0 Å². The predicted molar refractivity (Wildman–Crippen MR) is 79.2 cm³/mol. The van der Waals surface area contributed by atoms with E-state index in [9.17, 15) is 4.79 Å². The highest BCUT2D eigenvalue weighted by Gasteiger charge is 2.19. The number of nitrogens with two attached hydrogens (primary N) is 2. The smallest absolute Gasteiger partial charge is 0.315 e. The molecule has 2 aliphatic carbocycles. The SMILES string of the molecule is NC(N)=O.O=C(NC1CCCCC1)NC1CCCCC1. The Kier molecular flexibility index (Phi) is 7.84. The predicted octanol–water partition coefficient (Wildman–Crippen LogP) is 1.97. The van der Waals surface area contributed by atoms with Gasteiger partial charge in [0.25, 0.3) is 0 Å². The van der Waals surface area contributed by atoms with E-state index in [0.29, 0.717) is 12.1 Å². The van der Waals surface area contributed by atoms with Crippen LogP contribution in [0.2, 0.25) is 0 Å². The van der Waals surface area contributed by atoms with Crippen LogP contribution < -0.4 is 22.1 Å². The molecule has 0 saturated heterocycles. The van der Waals surface area contributed by atoms with Gasteiger partial charge in [-0.2, -0.15) is 0 Å². The molecule has 6 N–H and O–H groups in total. The van der Waals surface area contributed by atoms with Crippen LogP contribution in [0.3, 0.4) is 0 Å². The Hall–Kier alpha value is -1.46. The summed E-state index contributed by atoms with van der Waals surface area (Å²) in [4.78, 5) is 20.8. The molecule has 2 rings (SSSR count). The number of urea groups is 2. The first-order valence-corrected chi connectivity index (χ1v) is 7.70. The highest BCUT2D eigenvalue weighted by atomic mass is 16.2. The van der Waals surface area contributed by atoms with E-state index in [4.69, 9.17) is 4.79 Å². The third-order valence-electron chi connectivity index (χ3n) is 3.88. The van der Waals surface area contributed by atoms with E-state index in [2.05, 4.69) is 22.1 Å². The Morgan fingerprint density at radius 1 is 0.700 bits per heavy atom. The summed E-state index contributed by atoms with van der Waals surface area (Å²) in [6.07, 6.45) is 12.4. The normalized spacial score (nSPS) is 20.4. The van der Waals surface area contributed by atoms with Gasteiger partial charge in [0.2, 0.25) is 0 Å². The minimum atomic E-state index is -0.833. The molecule has 6 nitrogen and oxygen atoms in total. The van der Waals surface area contributed by atoms with Crippen LogP contribution in [0.25, 0.3) is 0 Å². The summed E-state index contributed by atoms with van der Waals surface area (Å²) >= 11 is 0. The molecule has 0 aliphatic heterocycles. The van der Waals surface area contributed by atoms with Crippen molar-refractivity contribution in [2.24, 2.45) is 11.5 Å². The number of nitrogens with one attached hydrogen (secondary N) is 2. The average Bonchev–Trinajstić information content (AvgIpc) is 2.40. The number of hydrogen-bond acceptors (Lipinski definition) is 2. The molecule has 0 atom stereocenters.